The first kappa shape index (κ1) is 16.8. The van der Waals surface area contributed by atoms with Gasteiger partial charge < -0.3 is 14.8 Å². The Labute approximate surface area is 128 Å². The van der Waals surface area contributed by atoms with Crippen LogP contribution < -0.4 is 5.32 Å². The number of amides is 1. The molecule has 6 heteroatoms. The van der Waals surface area contributed by atoms with E-state index in [1.54, 1.807) is 13.8 Å². The predicted octanol–water partition coefficient (Wildman–Crippen LogP) is 2.73. The lowest BCUT2D eigenvalue weighted by atomic mass is 10.1. The Morgan fingerprint density at radius 3 is 2.91 bits per heavy atom. The molecule has 0 aromatic heterocycles. The van der Waals surface area contributed by atoms with Gasteiger partial charge in [0, 0.05) is 12.2 Å². The molecule has 1 aromatic carbocycles. The van der Waals surface area contributed by atoms with Crippen LogP contribution in [0, 0.1) is 11.6 Å². The van der Waals surface area contributed by atoms with Gasteiger partial charge >= 0.3 is 0 Å². The Kier molecular flexibility index (Phi) is 5.85. The highest BCUT2D eigenvalue weighted by molar-refractivity contribution is 5.80. The molecule has 1 aromatic rings. The Hall–Kier alpha value is -1.53. The zero-order valence-corrected chi connectivity index (χ0v) is 12.8. The van der Waals surface area contributed by atoms with Gasteiger partial charge in [-0.05, 0) is 44.9 Å². The van der Waals surface area contributed by atoms with Gasteiger partial charge in [0.1, 0.15) is 17.7 Å². The molecule has 1 fully saturated rings. The number of hydrogen-bond acceptors (Lipinski definition) is 3. The Morgan fingerprint density at radius 1 is 1.45 bits per heavy atom. The normalized spacial score (nSPS) is 20.6. The predicted molar refractivity (Wildman–Crippen MR) is 77.3 cm³/mol. The first-order valence-electron chi connectivity index (χ1n) is 7.46. The summed E-state index contributed by atoms with van der Waals surface area (Å²) >= 11 is 0. The minimum absolute atomic E-state index is 0.0355. The van der Waals surface area contributed by atoms with Crippen molar-refractivity contribution >= 4 is 5.91 Å². The summed E-state index contributed by atoms with van der Waals surface area (Å²) in [7, 11) is 0. The summed E-state index contributed by atoms with van der Waals surface area (Å²) in [5, 5.41) is 2.63. The van der Waals surface area contributed by atoms with Gasteiger partial charge in [-0.1, -0.05) is 0 Å². The van der Waals surface area contributed by atoms with E-state index in [9.17, 15) is 13.6 Å². The summed E-state index contributed by atoms with van der Waals surface area (Å²) in [5.41, 5.74) is 0.111. The third-order valence-corrected chi connectivity index (χ3v) is 3.71. The van der Waals surface area contributed by atoms with Gasteiger partial charge in [-0.25, -0.2) is 8.78 Å². The number of ether oxygens (including phenoxy) is 2. The van der Waals surface area contributed by atoms with Crippen LogP contribution in [0.1, 0.15) is 38.3 Å². The number of nitrogens with one attached hydrogen (secondary N) is 1. The highest BCUT2D eigenvalue weighted by Crippen LogP contribution is 2.18. The summed E-state index contributed by atoms with van der Waals surface area (Å²) < 4.78 is 37.7. The molecule has 4 nitrogen and oxygen atoms in total. The van der Waals surface area contributed by atoms with E-state index in [1.807, 2.05) is 0 Å². The second-order valence-corrected chi connectivity index (χ2v) is 5.51. The van der Waals surface area contributed by atoms with E-state index in [0.29, 0.717) is 6.61 Å². The average molecular weight is 313 g/mol. The second-order valence-electron chi connectivity index (χ2n) is 5.51. The summed E-state index contributed by atoms with van der Waals surface area (Å²) in [6.07, 6.45) is 1.29. The fraction of sp³-hybridized carbons (Fsp3) is 0.562. The van der Waals surface area contributed by atoms with Gasteiger partial charge in [-0.2, -0.15) is 0 Å². The molecule has 0 saturated carbocycles. The molecular formula is C16H21F2NO3. The minimum atomic E-state index is -0.678. The number of halogens is 2. The second kappa shape index (κ2) is 7.65. The van der Waals surface area contributed by atoms with Crippen LogP contribution in [0.3, 0.4) is 0 Å². The fourth-order valence-corrected chi connectivity index (χ4v) is 2.36. The topological polar surface area (TPSA) is 47.6 Å². The smallest absolute Gasteiger partial charge is 0.249 e. The van der Waals surface area contributed by atoms with Crippen LogP contribution in [-0.2, 0) is 14.3 Å². The van der Waals surface area contributed by atoms with Crippen LogP contribution in [0.15, 0.2) is 18.2 Å². The molecule has 3 atom stereocenters. The van der Waals surface area contributed by atoms with Gasteiger partial charge in [0.2, 0.25) is 5.91 Å². The fourth-order valence-electron chi connectivity index (χ4n) is 2.36. The molecule has 22 heavy (non-hydrogen) atoms. The quantitative estimate of drug-likeness (QED) is 0.878. The van der Waals surface area contributed by atoms with Gasteiger partial charge in [-0.3, -0.25) is 4.79 Å². The molecule has 2 rings (SSSR count). The summed E-state index contributed by atoms with van der Waals surface area (Å²) in [4.78, 5) is 12.0. The van der Waals surface area contributed by atoms with E-state index < -0.39 is 23.8 Å². The standard InChI is InChI=1S/C16H21F2NO3/c1-10(14-8-12(17)5-6-15(14)18)19-16(20)11(2)22-9-13-4-3-7-21-13/h5-6,8,10-11,13H,3-4,7,9H2,1-2H3,(H,19,20). The highest BCUT2D eigenvalue weighted by atomic mass is 19.1. The Balaban J connectivity index is 1.85. The molecule has 1 aliphatic rings. The van der Waals surface area contributed by atoms with E-state index in [1.165, 1.54) is 0 Å². The van der Waals surface area contributed by atoms with E-state index in [4.69, 9.17) is 9.47 Å². The van der Waals surface area contributed by atoms with Crippen LogP contribution in [-0.4, -0.2) is 31.3 Å². The van der Waals surface area contributed by atoms with Crippen molar-refractivity contribution in [3.63, 3.8) is 0 Å². The van der Waals surface area contributed by atoms with Crippen molar-refractivity contribution in [2.45, 2.75) is 44.9 Å². The molecule has 0 bridgehead atoms. The molecular weight excluding hydrogens is 292 g/mol. The largest absolute Gasteiger partial charge is 0.376 e. The molecule has 0 aliphatic carbocycles. The molecule has 1 amide bonds. The zero-order valence-electron chi connectivity index (χ0n) is 12.8. The van der Waals surface area contributed by atoms with E-state index in [2.05, 4.69) is 5.32 Å². The highest BCUT2D eigenvalue weighted by Gasteiger charge is 2.22. The van der Waals surface area contributed by atoms with Gasteiger partial charge in [0.25, 0.3) is 0 Å². The van der Waals surface area contributed by atoms with Crippen LogP contribution in [0.5, 0.6) is 0 Å². The van der Waals surface area contributed by atoms with Crippen LogP contribution in [0.25, 0.3) is 0 Å². The maximum Gasteiger partial charge on any atom is 0.249 e. The molecule has 0 spiro atoms. The maximum absolute atomic E-state index is 13.7. The third-order valence-electron chi connectivity index (χ3n) is 3.71. The molecule has 1 aliphatic heterocycles. The van der Waals surface area contributed by atoms with Crippen LogP contribution >= 0.6 is 0 Å². The first-order valence-corrected chi connectivity index (χ1v) is 7.46. The average Bonchev–Trinajstić information content (AvgIpc) is 3.00. The molecule has 0 radical (unpaired) electrons. The van der Waals surface area contributed by atoms with Crippen molar-refractivity contribution in [1.82, 2.24) is 5.32 Å². The molecule has 122 valence electrons. The number of rotatable bonds is 6. The van der Waals surface area contributed by atoms with E-state index in [0.717, 1.165) is 37.6 Å². The van der Waals surface area contributed by atoms with E-state index in [-0.39, 0.29) is 17.6 Å². The lowest BCUT2D eigenvalue weighted by Gasteiger charge is -2.20. The monoisotopic (exact) mass is 313 g/mol. The molecule has 1 saturated heterocycles. The summed E-state index contributed by atoms with van der Waals surface area (Å²) in [6, 6.07) is 2.53. The minimum Gasteiger partial charge on any atom is -0.376 e. The summed E-state index contributed by atoms with van der Waals surface area (Å²) in [5.74, 6) is -1.46. The number of hydrogen-bond donors (Lipinski definition) is 1. The molecule has 3 unspecified atom stereocenters. The maximum atomic E-state index is 13.7. The lowest BCUT2D eigenvalue weighted by molar-refractivity contribution is -0.134. The lowest BCUT2D eigenvalue weighted by Crippen LogP contribution is -2.37. The number of carbonyl (C=O) groups is 1. The van der Waals surface area contributed by atoms with Crippen molar-refractivity contribution in [1.29, 1.82) is 0 Å². The molecule has 1 heterocycles. The number of carbonyl (C=O) groups excluding carboxylic acids is 1. The van der Waals surface area contributed by atoms with Gasteiger partial charge in [0.05, 0.1) is 18.8 Å². The van der Waals surface area contributed by atoms with Crippen molar-refractivity contribution in [3.05, 3.63) is 35.4 Å². The SMILES string of the molecule is CC(OCC1CCCO1)C(=O)NC(C)c1cc(F)ccc1F. The van der Waals surface area contributed by atoms with Gasteiger partial charge in [-0.15, -0.1) is 0 Å². The zero-order chi connectivity index (χ0) is 16.1. The third kappa shape index (κ3) is 4.48. The Bertz CT molecular complexity index is 518. The van der Waals surface area contributed by atoms with E-state index >= 15 is 0 Å². The van der Waals surface area contributed by atoms with Crippen molar-refractivity contribution < 1.29 is 23.0 Å². The number of benzene rings is 1. The van der Waals surface area contributed by atoms with Crippen LogP contribution in [0.4, 0.5) is 8.78 Å². The van der Waals surface area contributed by atoms with Crippen molar-refractivity contribution in [3.8, 4) is 0 Å². The van der Waals surface area contributed by atoms with Crippen molar-refractivity contribution in [2.75, 3.05) is 13.2 Å². The molecule has 1 N–H and O–H groups in total. The summed E-state index contributed by atoms with van der Waals surface area (Å²) in [6.45, 7) is 4.31. The first-order chi connectivity index (χ1) is 10.5. The van der Waals surface area contributed by atoms with Gasteiger partial charge in [0.15, 0.2) is 0 Å². The Morgan fingerprint density at radius 2 is 2.23 bits per heavy atom. The van der Waals surface area contributed by atoms with Crippen molar-refractivity contribution in [2.24, 2.45) is 0 Å². The van der Waals surface area contributed by atoms with Crippen LogP contribution in [0.2, 0.25) is 0 Å².